The van der Waals surface area contributed by atoms with Crippen LogP contribution in [0.4, 0.5) is 5.95 Å². The van der Waals surface area contributed by atoms with Gasteiger partial charge in [0.15, 0.2) is 0 Å². The number of benzene rings is 2. The Morgan fingerprint density at radius 2 is 1.80 bits per heavy atom. The highest BCUT2D eigenvalue weighted by Gasteiger charge is 2.29. The predicted molar refractivity (Wildman–Crippen MR) is 156 cm³/mol. The van der Waals surface area contributed by atoms with E-state index < -0.39 is 10.0 Å². The first kappa shape index (κ1) is 28.3. The summed E-state index contributed by atoms with van der Waals surface area (Å²) in [7, 11) is -2.25. The molecule has 5 rings (SSSR count). The van der Waals surface area contributed by atoms with Crippen LogP contribution in [0.2, 0.25) is 0 Å². The first-order valence-corrected chi connectivity index (χ1v) is 15.0. The summed E-state index contributed by atoms with van der Waals surface area (Å²) in [5, 5.41) is 0. The average Bonchev–Trinajstić information content (AvgIpc) is 3.32. The zero-order chi connectivity index (χ0) is 29.3. The minimum absolute atomic E-state index is 0.0629. The van der Waals surface area contributed by atoms with Gasteiger partial charge in [-0.05, 0) is 55.5 Å². The topological polar surface area (TPSA) is 119 Å². The van der Waals surface area contributed by atoms with E-state index in [4.69, 9.17) is 4.74 Å². The van der Waals surface area contributed by atoms with Crippen LogP contribution in [0.1, 0.15) is 47.4 Å². The number of fused-ring (bicyclic) bond motifs is 4. The van der Waals surface area contributed by atoms with Crippen LogP contribution >= 0.6 is 0 Å². The molecule has 0 saturated carbocycles. The third-order valence-electron chi connectivity index (χ3n) is 7.17. The molecule has 41 heavy (non-hydrogen) atoms. The Morgan fingerprint density at radius 3 is 2.49 bits per heavy atom. The summed E-state index contributed by atoms with van der Waals surface area (Å²) >= 11 is 0. The summed E-state index contributed by atoms with van der Waals surface area (Å²) in [6.45, 7) is 8.55. The average molecular weight is 575 g/mol. The molecule has 4 bridgehead atoms. The van der Waals surface area contributed by atoms with E-state index >= 15 is 0 Å². The highest BCUT2D eigenvalue weighted by molar-refractivity contribution is 7.92. The number of hydrogen-bond donors (Lipinski definition) is 1. The predicted octanol–water partition coefficient (Wildman–Crippen LogP) is 4.74. The van der Waals surface area contributed by atoms with Crippen molar-refractivity contribution < 1.29 is 17.9 Å². The van der Waals surface area contributed by atoms with Crippen molar-refractivity contribution in [1.82, 2.24) is 24.4 Å². The van der Waals surface area contributed by atoms with Crippen LogP contribution in [-0.4, -0.2) is 51.4 Å². The van der Waals surface area contributed by atoms with E-state index in [0.717, 1.165) is 22.4 Å². The van der Waals surface area contributed by atoms with Crippen molar-refractivity contribution >= 4 is 21.9 Å². The fourth-order valence-electron chi connectivity index (χ4n) is 5.12. The molecule has 11 heteroatoms. The Hall–Kier alpha value is -4.25. The molecule has 0 aliphatic carbocycles. The summed E-state index contributed by atoms with van der Waals surface area (Å²) in [5.41, 5.74) is 4.48. The minimum Gasteiger partial charge on any atom is -0.475 e. The summed E-state index contributed by atoms with van der Waals surface area (Å²) in [6, 6.07) is 13.3. The molecule has 0 radical (unpaired) electrons. The molecule has 4 aromatic rings. The summed E-state index contributed by atoms with van der Waals surface area (Å²) in [5.74, 6) is 0.0534. The molecule has 0 saturated heterocycles. The zero-order valence-corrected chi connectivity index (χ0v) is 24.6. The van der Waals surface area contributed by atoms with E-state index in [-0.39, 0.29) is 53.3 Å². The molecule has 3 heterocycles. The van der Waals surface area contributed by atoms with Gasteiger partial charge in [-0.25, -0.2) is 23.1 Å². The summed E-state index contributed by atoms with van der Waals surface area (Å²) < 4.78 is 37.6. The monoisotopic (exact) mass is 574 g/mol. The Bertz CT molecular complexity index is 1680. The maximum Gasteiger partial charge on any atom is 0.264 e. The quantitative estimate of drug-likeness (QED) is 0.366. The van der Waals surface area contributed by atoms with Crippen LogP contribution in [0, 0.1) is 19.8 Å². The van der Waals surface area contributed by atoms with Crippen LogP contribution in [0.3, 0.4) is 0 Å². The lowest BCUT2D eigenvalue weighted by Gasteiger charge is -2.33. The van der Waals surface area contributed by atoms with Crippen LogP contribution in [0.15, 0.2) is 66.0 Å². The van der Waals surface area contributed by atoms with Crippen molar-refractivity contribution in [3.63, 3.8) is 0 Å². The molecule has 10 nitrogen and oxygen atoms in total. The molecule has 2 aromatic carbocycles. The lowest BCUT2D eigenvalue weighted by atomic mass is 10.00. The number of sulfonamides is 1. The molecule has 2 aromatic heterocycles. The van der Waals surface area contributed by atoms with Gasteiger partial charge in [-0.3, -0.25) is 4.79 Å². The number of ether oxygens (including phenoxy) is 1. The Labute approximate surface area is 240 Å². The maximum absolute atomic E-state index is 14.1. The van der Waals surface area contributed by atoms with Gasteiger partial charge in [0, 0.05) is 30.4 Å². The van der Waals surface area contributed by atoms with Crippen molar-refractivity contribution in [2.45, 2.75) is 51.6 Å². The van der Waals surface area contributed by atoms with Gasteiger partial charge < -0.3 is 14.2 Å². The molecular weight excluding hydrogens is 540 g/mol. The fourth-order valence-corrected chi connectivity index (χ4v) is 6.11. The SMILES string of the molecule is Cc1cccc(C)c1-c1cc2nc(n1)NS(=O)(=O)c1cccc(c1)C(=O)N(Cc1cncn1C)[C@H](CC(C)C)CO2. The number of imidazole rings is 1. The smallest absolute Gasteiger partial charge is 0.264 e. The highest BCUT2D eigenvalue weighted by Crippen LogP contribution is 2.30. The maximum atomic E-state index is 14.1. The second-order valence-electron chi connectivity index (χ2n) is 10.8. The largest absolute Gasteiger partial charge is 0.475 e. The van der Waals surface area contributed by atoms with Gasteiger partial charge in [-0.15, -0.1) is 0 Å². The van der Waals surface area contributed by atoms with Crippen LogP contribution < -0.4 is 9.46 Å². The third kappa shape index (κ3) is 6.09. The van der Waals surface area contributed by atoms with Gasteiger partial charge in [0.2, 0.25) is 11.8 Å². The number of carbonyl (C=O) groups is 1. The van der Waals surface area contributed by atoms with Crippen molar-refractivity contribution in [3.05, 3.63) is 83.4 Å². The lowest BCUT2D eigenvalue weighted by Crippen LogP contribution is -2.44. The van der Waals surface area contributed by atoms with E-state index in [9.17, 15) is 13.2 Å². The molecule has 0 spiro atoms. The molecule has 214 valence electrons. The standard InChI is InChI=1S/C30H34N6O4S/c1-19(2)12-23-17-40-27-14-26(28-20(3)8-6-9-21(28)4)32-30(33-27)34-41(38,39)25-11-7-10-22(13-25)29(37)36(23)16-24-15-31-18-35(24)5/h6-11,13-15,18-19,23H,12,16-17H2,1-5H3,(H,32,33,34)/t23-/m1/s1. The number of nitrogens with zero attached hydrogens (tertiary/aromatic N) is 5. The fraction of sp³-hybridized carbons (Fsp3) is 0.333. The van der Waals surface area contributed by atoms with E-state index in [0.29, 0.717) is 12.1 Å². The normalized spacial score (nSPS) is 16.8. The minimum atomic E-state index is -4.12. The molecule has 1 aliphatic heterocycles. The number of aryl methyl sites for hydroxylation is 3. The van der Waals surface area contributed by atoms with Crippen LogP contribution in [0.25, 0.3) is 11.3 Å². The second kappa shape index (κ2) is 11.3. The van der Waals surface area contributed by atoms with E-state index in [1.807, 2.05) is 43.7 Å². The number of aromatic nitrogens is 4. The highest BCUT2D eigenvalue weighted by atomic mass is 32.2. The van der Waals surface area contributed by atoms with Crippen molar-refractivity contribution in [3.8, 4) is 17.1 Å². The molecule has 1 atom stereocenters. The van der Waals surface area contributed by atoms with Gasteiger partial charge in [0.05, 0.1) is 35.2 Å². The zero-order valence-electron chi connectivity index (χ0n) is 23.8. The van der Waals surface area contributed by atoms with Crippen molar-refractivity contribution in [2.75, 3.05) is 11.3 Å². The molecule has 1 N–H and O–H groups in total. The van der Waals surface area contributed by atoms with E-state index in [1.54, 1.807) is 35.6 Å². The van der Waals surface area contributed by atoms with E-state index in [1.165, 1.54) is 12.1 Å². The molecule has 0 unspecified atom stereocenters. The number of amides is 1. The van der Waals surface area contributed by atoms with Gasteiger partial charge in [-0.2, -0.15) is 4.98 Å². The summed E-state index contributed by atoms with van der Waals surface area (Å²) in [6.07, 6.45) is 4.06. The third-order valence-corrected chi connectivity index (χ3v) is 8.50. The number of rotatable bonds is 5. The second-order valence-corrected chi connectivity index (χ2v) is 12.5. The number of nitrogens with one attached hydrogen (secondary N) is 1. The van der Waals surface area contributed by atoms with Gasteiger partial charge >= 0.3 is 0 Å². The number of anilines is 1. The van der Waals surface area contributed by atoms with Gasteiger partial charge in [0.1, 0.15) is 6.61 Å². The van der Waals surface area contributed by atoms with E-state index in [2.05, 4.69) is 33.5 Å². The molecule has 1 aliphatic rings. The Kier molecular flexibility index (Phi) is 7.81. The number of carbonyl (C=O) groups excluding carboxylic acids is 1. The molecular formula is C30H34N6O4S. The number of hydrogen-bond acceptors (Lipinski definition) is 7. The van der Waals surface area contributed by atoms with Crippen LogP contribution in [0.5, 0.6) is 5.88 Å². The van der Waals surface area contributed by atoms with Gasteiger partial charge in [0.25, 0.3) is 15.9 Å². The first-order valence-electron chi connectivity index (χ1n) is 13.5. The Balaban J connectivity index is 1.67. The first-order chi connectivity index (χ1) is 19.5. The Morgan fingerprint density at radius 1 is 1.07 bits per heavy atom. The molecule has 0 fully saturated rings. The van der Waals surface area contributed by atoms with Crippen molar-refractivity contribution in [1.29, 1.82) is 0 Å². The summed E-state index contributed by atoms with van der Waals surface area (Å²) in [4.78, 5) is 28.9. The lowest BCUT2D eigenvalue weighted by molar-refractivity contribution is 0.0547. The van der Waals surface area contributed by atoms with Crippen LogP contribution in [-0.2, 0) is 23.6 Å². The van der Waals surface area contributed by atoms with Crippen molar-refractivity contribution in [2.24, 2.45) is 13.0 Å². The molecule has 1 amide bonds. The van der Waals surface area contributed by atoms with Gasteiger partial charge in [-0.1, -0.05) is 38.1 Å².